The lowest BCUT2D eigenvalue weighted by molar-refractivity contribution is 1.10. The predicted molar refractivity (Wildman–Crippen MR) is 52.1 cm³/mol. The quantitative estimate of drug-likeness (QED) is 0.430. The molecule has 0 aromatic carbocycles. The van der Waals surface area contributed by atoms with Crippen molar-refractivity contribution >= 4 is 12.2 Å². The first-order valence-corrected chi connectivity index (χ1v) is 3.51. The molecule has 0 aliphatic carbocycles. The number of nitrogens with two attached hydrogens (primary N) is 1. The smallest absolute Gasteiger partial charge is 0.127 e. The van der Waals surface area contributed by atoms with Gasteiger partial charge in [0.15, 0.2) is 0 Å². The highest BCUT2D eigenvalue weighted by Crippen LogP contribution is 1.98. The van der Waals surface area contributed by atoms with E-state index in [2.05, 4.69) is 16.9 Å². The minimum atomic E-state index is 0.414. The molecule has 0 aliphatic rings. The van der Waals surface area contributed by atoms with E-state index in [1.807, 2.05) is 13.8 Å². The molecular weight excluding hydrogens is 152 g/mol. The molecule has 0 radical (unpaired) electrons. The lowest BCUT2D eigenvalue weighted by Gasteiger charge is -2.05. The number of amidine groups is 1. The van der Waals surface area contributed by atoms with Gasteiger partial charge in [-0.2, -0.15) is 0 Å². The molecule has 0 aromatic rings. The molecule has 12 heavy (non-hydrogen) atoms. The van der Waals surface area contributed by atoms with Crippen LogP contribution < -0.4 is 11.1 Å². The van der Waals surface area contributed by atoms with Crippen molar-refractivity contribution < 1.29 is 0 Å². The molecule has 4 heteroatoms. The molecule has 0 spiro atoms. The Hall–Kier alpha value is -1.58. The van der Waals surface area contributed by atoms with E-state index in [1.165, 1.54) is 6.20 Å². The maximum atomic E-state index is 6.80. The molecule has 0 aliphatic heterocycles. The molecule has 0 unspecified atom stereocenters. The van der Waals surface area contributed by atoms with E-state index in [4.69, 9.17) is 11.1 Å². The fourth-order valence-corrected chi connectivity index (χ4v) is 0.604. The zero-order valence-electron chi connectivity index (χ0n) is 7.39. The van der Waals surface area contributed by atoms with Gasteiger partial charge in [0.05, 0.1) is 6.34 Å². The third-order valence-electron chi connectivity index (χ3n) is 1.47. The average molecular weight is 166 g/mol. The summed E-state index contributed by atoms with van der Waals surface area (Å²) >= 11 is 0. The van der Waals surface area contributed by atoms with Crippen LogP contribution in [-0.4, -0.2) is 12.2 Å². The van der Waals surface area contributed by atoms with Crippen LogP contribution in [0.2, 0.25) is 0 Å². The maximum Gasteiger partial charge on any atom is 0.127 e. The standard InChI is InChI=1S/C8H14N4/c1-4-11-8(10)6(2)7(3)12-5-9/h4-5H,1H2,2-3H3,(H2,9,12)(H2,10,11)/b7-6+. The van der Waals surface area contributed by atoms with Crippen LogP contribution in [0.1, 0.15) is 13.8 Å². The molecule has 4 nitrogen and oxygen atoms in total. The van der Waals surface area contributed by atoms with Gasteiger partial charge in [-0.1, -0.05) is 6.58 Å². The van der Waals surface area contributed by atoms with Crippen molar-refractivity contribution in [2.45, 2.75) is 13.8 Å². The van der Waals surface area contributed by atoms with Gasteiger partial charge in [-0.15, -0.1) is 0 Å². The van der Waals surface area contributed by atoms with Crippen LogP contribution in [0, 0.1) is 5.41 Å². The highest BCUT2D eigenvalue weighted by atomic mass is 14.9. The lowest BCUT2D eigenvalue weighted by atomic mass is 10.2. The van der Waals surface area contributed by atoms with Crippen molar-refractivity contribution in [1.29, 1.82) is 5.41 Å². The van der Waals surface area contributed by atoms with Gasteiger partial charge >= 0.3 is 0 Å². The Bertz CT molecular complexity index is 237. The lowest BCUT2D eigenvalue weighted by Crippen LogP contribution is -2.18. The normalized spacial score (nSPS) is 13.3. The molecule has 0 amide bonds. The first kappa shape index (κ1) is 10.4. The molecule has 0 aromatic heterocycles. The van der Waals surface area contributed by atoms with Crippen LogP contribution in [0.5, 0.6) is 0 Å². The van der Waals surface area contributed by atoms with E-state index in [0.29, 0.717) is 5.84 Å². The van der Waals surface area contributed by atoms with Crippen molar-refractivity contribution in [2.24, 2.45) is 10.7 Å². The third-order valence-corrected chi connectivity index (χ3v) is 1.47. The van der Waals surface area contributed by atoms with E-state index >= 15 is 0 Å². The third kappa shape index (κ3) is 3.01. The van der Waals surface area contributed by atoms with Gasteiger partial charge in [-0.3, -0.25) is 5.41 Å². The number of nitrogens with one attached hydrogen (secondary N) is 2. The molecule has 0 atom stereocenters. The Morgan fingerprint density at radius 2 is 2.17 bits per heavy atom. The summed E-state index contributed by atoms with van der Waals surface area (Å²) in [6.45, 7) is 7.09. The summed E-state index contributed by atoms with van der Waals surface area (Å²) < 4.78 is 0. The van der Waals surface area contributed by atoms with E-state index in [9.17, 15) is 0 Å². The Labute approximate surface area is 72.4 Å². The fourth-order valence-electron chi connectivity index (χ4n) is 0.604. The van der Waals surface area contributed by atoms with E-state index < -0.39 is 0 Å². The Morgan fingerprint density at radius 1 is 1.58 bits per heavy atom. The summed E-state index contributed by atoms with van der Waals surface area (Å²) in [6, 6.07) is 0. The fraction of sp³-hybridized carbons (Fsp3) is 0.250. The number of nitrogens with zero attached hydrogens (tertiary/aromatic N) is 1. The number of hydrogen-bond donors (Lipinski definition) is 3. The van der Waals surface area contributed by atoms with Gasteiger partial charge in [0.2, 0.25) is 0 Å². The summed E-state index contributed by atoms with van der Waals surface area (Å²) in [5, 5.41) is 9.51. The van der Waals surface area contributed by atoms with Gasteiger partial charge in [0.25, 0.3) is 0 Å². The van der Waals surface area contributed by atoms with Crippen molar-refractivity contribution in [3.05, 3.63) is 24.0 Å². The van der Waals surface area contributed by atoms with Crippen molar-refractivity contribution in [2.75, 3.05) is 0 Å². The molecule has 66 valence electrons. The summed E-state index contributed by atoms with van der Waals surface area (Å²) in [5.41, 5.74) is 7.20. The second kappa shape index (κ2) is 5.12. The molecule has 0 heterocycles. The van der Waals surface area contributed by atoms with E-state index in [0.717, 1.165) is 17.6 Å². The van der Waals surface area contributed by atoms with Crippen LogP contribution in [0.3, 0.4) is 0 Å². The zero-order chi connectivity index (χ0) is 9.56. The van der Waals surface area contributed by atoms with E-state index in [-0.39, 0.29) is 0 Å². The van der Waals surface area contributed by atoms with Gasteiger partial charge < -0.3 is 11.1 Å². The molecule has 0 saturated heterocycles. The largest absolute Gasteiger partial charge is 0.383 e. The van der Waals surface area contributed by atoms with Gasteiger partial charge in [-0.05, 0) is 13.8 Å². The molecular formula is C8H14N4. The maximum absolute atomic E-state index is 6.80. The minimum Gasteiger partial charge on any atom is -0.383 e. The monoisotopic (exact) mass is 166 g/mol. The zero-order valence-corrected chi connectivity index (χ0v) is 7.39. The minimum absolute atomic E-state index is 0.414. The average Bonchev–Trinajstić information content (AvgIpc) is 2.04. The number of rotatable bonds is 4. The predicted octanol–water partition coefficient (Wildman–Crippen LogP) is 0.978. The van der Waals surface area contributed by atoms with Gasteiger partial charge in [0.1, 0.15) is 5.84 Å². The second-order valence-corrected chi connectivity index (χ2v) is 2.24. The summed E-state index contributed by atoms with van der Waals surface area (Å²) in [7, 11) is 0. The summed E-state index contributed by atoms with van der Waals surface area (Å²) in [5.74, 6) is 0.414. The van der Waals surface area contributed by atoms with Gasteiger partial charge in [-0.25, -0.2) is 4.99 Å². The van der Waals surface area contributed by atoms with Crippen LogP contribution in [0.4, 0.5) is 0 Å². The summed E-state index contributed by atoms with van der Waals surface area (Å²) in [6.07, 6.45) is 2.48. The number of aliphatic imine (C=N–C) groups is 1. The van der Waals surface area contributed by atoms with E-state index in [1.54, 1.807) is 0 Å². The van der Waals surface area contributed by atoms with Crippen LogP contribution in [-0.2, 0) is 0 Å². The molecule has 0 rings (SSSR count). The van der Waals surface area contributed by atoms with Gasteiger partial charge in [0, 0.05) is 17.5 Å². The summed E-state index contributed by atoms with van der Waals surface area (Å²) in [4.78, 5) is 3.81. The first-order valence-electron chi connectivity index (χ1n) is 3.51. The Balaban J connectivity index is 4.63. The number of hydrogen-bond acceptors (Lipinski definition) is 2. The van der Waals surface area contributed by atoms with Crippen molar-refractivity contribution in [3.8, 4) is 0 Å². The molecule has 0 saturated carbocycles. The topological polar surface area (TPSA) is 74.3 Å². The molecule has 0 fully saturated rings. The van der Waals surface area contributed by atoms with Crippen molar-refractivity contribution in [3.63, 3.8) is 0 Å². The van der Waals surface area contributed by atoms with Crippen LogP contribution in [0.25, 0.3) is 0 Å². The van der Waals surface area contributed by atoms with Crippen molar-refractivity contribution in [1.82, 2.24) is 5.32 Å². The Kier molecular flexibility index (Phi) is 4.45. The number of allylic oxidation sites excluding steroid dienone is 1. The van der Waals surface area contributed by atoms with Crippen LogP contribution >= 0.6 is 0 Å². The molecule has 0 bridgehead atoms. The van der Waals surface area contributed by atoms with Crippen LogP contribution in [0.15, 0.2) is 29.0 Å². The highest BCUT2D eigenvalue weighted by molar-refractivity contribution is 5.97. The second-order valence-electron chi connectivity index (χ2n) is 2.24. The highest BCUT2D eigenvalue weighted by Gasteiger charge is 1.98. The Morgan fingerprint density at radius 3 is 2.58 bits per heavy atom. The molecule has 4 N–H and O–H groups in total. The first-order chi connectivity index (χ1) is 5.63. The SMILES string of the molecule is C=C/N=C(N)\C(C)=C(/C)NC=N.